The van der Waals surface area contributed by atoms with Gasteiger partial charge < -0.3 is 15.4 Å². The second kappa shape index (κ2) is 6.67. The number of carbonyl (C=O) groups excluding carboxylic acids is 1. The smallest absolute Gasteiger partial charge is 0.329 e. The fourth-order valence-corrected chi connectivity index (χ4v) is 3.76. The van der Waals surface area contributed by atoms with E-state index in [9.17, 15) is 14.7 Å². The second-order valence-corrected chi connectivity index (χ2v) is 6.80. The van der Waals surface area contributed by atoms with E-state index in [0.717, 1.165) is 47.8 Å². The van der Waals surface area contributed by atoms with Crippen LogP contribution in [0.2, 0.25) is 0 Å². The number of carboxylic acids is 1. The van der Waals surface area contributed by atoms with Crippen LogP contribution in [0.5, 0.6) is 0 Å². The predicted molar refractivity (Wildman–Crippen MR) is 93.0 cm³/mol. The summed E-state index contributed by atoms with van der Waals surface area (Å²) in [7, 11) is 0. The molecule has 2 aromatic rings. The third-order valence-corrected chi connectivity index (χ3v) is 5.11. The first-order valence-corrected chi connectivity index (χ1v) is 8.62. The van der Waals surface area contributed by atoms with Gasteiger partial charge in [-0.15, -0.1) is 0 Å². The summed E-state index contributed by atoms with van der Waals surface area (Å²) < 4.78 is 0. The standard InChI is InChI=1S/C19H24N2O3/c1-13-15(14-8-4-5-9-16(14)20-13)12-17(22)21-19(18(23)24)10-6-2-3-7-11-19/h4-5,8-9,20H,2-3,6-7,10-12H2,1H3,(H,21,22)(H,23,24). The van der Waals surface area contributed by atoms with E-state index in [1.54, 1.807) is 0 Å². The molecule has 0 unspecified atom stereocenters. The van der Waals surface area contributed by atoms with Gasteiger partial charge >= 0.3 is 5.97 Å². The number of hydrogen-bond donors (Lipinski definition) is 3. The highest BCUT2D eigenvalue weighted by atomic mass is 16.4. The van der Waals surface area contributed by atoms with E-state index < -0.39 is 11.5 Å². The average Bonchev–Trinajstić information content (AvgIpc) is 2.73. The quantitative estimate of drug-likeness (QED) is 0.753. The van der Waals surface area contributed by atoms with Gasteiger partial charge in [-0.1, -0.05) is 43.9 Å². The van der Waals surface area contributed by atoms with E-state index in [-0.39, 0.29) is 12.3 Å². The largest absolute Gasteiger partial charge is 0.480 e. The summed E-state index contributed by atoms with van der Waals surface area (Å²) >= 11 is 0. The van der Waals surface area contributed by atoms with Crippen molar-refractivity contribution in [1.29, 1.82) is 0 Å². The molecule has 5 nitrogen and oxygen atoms in total. The van der Waals surface area contributed by atoms with Gasteiger partial charge in [-0.2, -0.15) is 0 Å². The molecule has 5 heteroatoms. The SMILES string of the molecule is Cc1[nH]c2ccccc2c1CC(=O)NC1(C(=O)O)CCCCCC1. The molecule has 1 aliphatic rings. The average molecular weight is 328 g/mol. The maximum atomic E-state index is 12.6. The van der Waals surface area contributed by atoms with Crippen molar-refractivity contribution in [2.24, 2.45) is 0 Å². The molecule has 1 aromatic heterocycles. The number of fused-ring (bicyclic) bond motifs is 1. The third kappa shape index (κ3) is 3.16. The Morgan fingerprint density at radius 2 is 1.83 bits per heavy atom. The number of para-hydroxylation sites is 1. The van der Waals surface area contributed by atoms with Crippen molar-refractivity contribution < 1.29 is 14.7 Å². The van der Waals surface area contributed by atoms with Gasteiger partial charge in [-0.25, -0.2) is 4.79 Å². The van der Waals surface area contributed by atoms with Crippen LogP contribution >= 0.6 is 0 Å². The van der Waals surface area contributed by atoms with Gasteiger partial charge in [0.25, 0.3) is 0 Å². The van der Waals surface area contributed by atoms with Crippen LogP contribution in [0.1, 0.15) is 49.8 Å². The Morgan fingerprint density at radius 1 is 1.17 bits per heavy atom. The molecule has 0 aliphatic heterocycles. The lowest BCUT2D eigenvalue weighted by molar-refractivity contribution is -0.148. The minimum absolute atomic E-state index is 0.199. The lowest BCUT2D eigenvalue weighted by Gasteiger charge is -2.29. The number of aliphatic carboxylic acids is 1. The van der Waals surface area contributed by atoms with Crippen LogP contribution in [0.4, 0.5) is 0 Å². The molecule has 1 aliphatic carbocycles. The number of hydrogen-bond acceptors (Lipinski definition) is 2. The summed E-state index contributed by atoms with van der Waals surface area (Å²) in [5.74, 6) is -1.12. The molecule has 1 amide bonds. The van der Waals surface area contributed by atoms with Gasteiger partial charge in [0.15, 0.2) is 0 Å². The molecular weight excluding hydrogens is 304 g/mol. The van der Waals surface area contributed by atoms with E-state index in [4.69, 9.17) is 0 Å². The molecule has 24 heavy (non-hydrogen) atoms. The Morgan fingerprint density at radius 3 is 2.50 bits per heavy atom. The van der Waals surface area contributed by atoms with Crippen molar-refractivity contribution in [2.75, 3.05) is 0 Å². The van der Waals surface area contributed by atoms with Crippen LogP contribution in [0, 0.1) is 6.92 Å². The first kappa shape index (κ1) is 16.6. The molecule has 3 rings (SSSR count). The van der Waals surface area contributed by atoms with Crippen molar-refractivity contribution >= 4 is 22.8 Å². The van der Waals surface area contributed by atoms with E-state index in [0.29, 0.717) is 12.8 Å². The summed E-state index contributed by atoms with van der Waals surface area (Å²) in [4.78, 5) is 27.7. The van der Waals surface area contributed by atoms with Crippen molar-refractivity contribution in [2.45, 2.75) is 57.4 Å². The summed E-state index contributed by atoms with van der Waals surface area (Å²) in [6.45, 7) is 1.95. The van der Waals surface area contributed by atoms with Crippen LogP contribution in [0.15, 0.2) is 24.3 Å². The van der Waals surface area contributed by atoms with Crippen molar-refractivity contribution in [3.05, 3.63) is 35.5 Å². The highest BCUT2D eigenvalue weighted by Crippen LogP contribution is 2.28. The number of aromatic amines is 1. The van der Waals surface area contributed by atoms with Crippen LogP contribution in [-0.2, 0) is 16.0 Å². The normalized spacial score (nSPS) is 17.4. The first-order valence-electron chi connectivity index (χ1n) is 8.62. The van der Waals surface area contributed by atoms with E-state index in [1.807, 2.05) is 31.2 Å². The summed E-state index contributed by atoms with van der Waals surface area (Å²) in [6.07, 6.45) is 4.99. The number of amides is 1. The molecule has 1 aromatic carbocycles. The number of nitrogens with one attached hydrogen (secondary N) is 2. The summed E-state index contributed by atoms with van der Waals surface area (Å²) in [5.41, 5.74) is 1.79. The number of benzene rings is 1. The van der Waals surface area contributed by atoms with Crippen molar-refractivity contribution in [3.8, 4) is 0 Å². The summed E-state index contributed by atoms with van der Waals surface area (Å²) in [5, 5.41) is 13.6. The lowest BCUT2D eigenvalue weighted by Crippen LogP contribution is -2.54. The molecule has 0 radical (unpaired) electrons. The van der Waals surface area contributed by atoms with E-state index in [2.05, 4.69) is 10.3 Å². The zero-order chi connectivity index (χ0) is 17.2. The molecule has 0 saturated heterocycles. The first-order chi connectivity index (χ1) is 11.5. The van der Waals surface area contributed by atoms with Gasteiger partial charge in [-0.05, 0) is 31.4 Å². The fourth-order valence-electron chi connectivity index (χ4n) is 3.76. The topological polar surface area (TPSA) is 82.2 Å². The van der Waals surface area contributed by atoms with Gasteiger partial charge in [0.2, 0.25) is 5.91 Å². The summed E-state index contributed by atoms with van der Waals surface area (Å²) in [6, 6.07) is 7.86. The van der Waals surface area contributed by atoms with Crippen LogP contribution in [-0.4, -0.2) is 27.5 Å². The van der Waals surface area contributed by atoms with Crippen molar-refractivity contribution in [1.82, 2.24) is 10.3 Å². The maximum absolute atomic E-state index is 12.6. The number of H-pyrrole nitrogens is 1. The van der Waals surface area contributed by atoms with Gasteiger partial charge in [0.1, 0.15) is 5.54 Å². The molecule has 128 valence electrons. The predicted octanol–water partition coefficient (Wildman–Crippen LogP) is 3.31. The van der Waals surface area contributed by atoms with Crippen LogP contribution in [0.3, 0.4) is 0 Å². The number of aromatic nitrogens is 1. The molecule has 0 atom stereocenters. The Bertz CT molecular complexity index is 755. The molecule has 0 spiro atoms. The van der Waals surface area contributed by atoms with Gasteiger partial charge in [0, 0.05) is 16.6 Å². The van der Waals surface area contributed by atoms with E-state index >= 15 is 0 Å². The minimum atomic E-state index is -1.10. The number of rotatable bonds is 4. The van der Waals surface area contributed by atoms with Crippen LogP contribution < -0.4 is 5.32 Å². The zero-order valence-electron chi connectivity index (χ0n) is 14.0. The number of carboxylic acid groups (broad SMARTS) is 1. The van der Waals surface area contributed by atoms with Gasteiger partial charge in [-0.3, -0.25) is 4.79 Å². The Hall–Kier alpha value is -2.30. The number of carbonyl (C=O) groups is 2. The monoisotopic (exact) mass is 328 g/mol. The highest BCUT2D eigenvalue weighted by Gasteiger charge is 2.40. The van der Waals surface area contributed by atoms with E-state index in [1.165, 1.54) is 0 Å². The zero-order valence-corrected chi connectivity index (χ0v) is 14.0. The highest BCUT2D eigenvalue weighted by molar-refractivity contribution is 5.92. The van der Waals surface area contributed by atoms with Gasteiger partial charge in [0.05, 0.1) is 6.42 Å². The molecule has 3 N–H and O–H groups in total. The third-order valence-electron chi connectivity index (χ3n) is 5.11. The second-order valence-electron chi connectivity index (χ2n) is 6.80. The molecule has 1 heterocycles. The van der Waals surface area contributed by atoms with Crippen molar-refractivity contribution in [3.63, 3.8) is 0 Å². The molecule has 1 fully saturated rings. The molecule has 1 saturated carbocycles. The number of aryl methyl sites for hydroxylation is 1. The maximum Gasteiger partial charge on any atom is 0.329 e. The lowest BCUT2D eigenvalue weighted by atomic mass is 9.89. The Labute approximate surface area is 141 Å². The molecule has 0 bridgehead atoms. The molecular formula is C19H24N2O3. The van der Waals surface area contributed by atoms with Crippen LogP contribution in [0.25, 0.3) is 10.9 Å². The minimum Gasteiger partial charge on any atom is -0.480 e. The Balaban J connectivity index is 1.80. The Kier molecular flexibility index (Phi) is 4.60. The fraction of sp³-hybridized carbons (Fsp3) is 0.474.